The molecule has 19 heteroatoms. The van der Waals surface area contributed by atoms with Crippen LogP contribution in [0.4, 0.5) is 0 Å². The van der Waals surface area contributed by atoms with Gasteiger partial charge in [0, 0.05) is 25.7 Å². The van der Waals surface area contributed by atoms with Crippen molar-refractivity contribution in [2.75, 3.05) is 39.6 Å². The number of aliphatic hydroxyl groups is 1. The third kappa shape index (κ3) is 71.1. The number of phosphoric acid groups is 2. The molecule has 3 unspecified atom stereocenters. The zero-order valence-electron chi connectivity index (χ0n) is 64.3. The normalized spacial score (nSPS) is 14.3. The predicted octanol–water partition coefficient (Wildman–Crippen LogP) is 23.4. The molecular formula is C79H154O17P2. The van der Waals surface area contributed by atoms with Gasteiger partial charge in [0.1, 0.15) is 19.3 Å². The quantitative estimate of drug-likeness (QED) is 0.0222. The van der Waals surface area contributed by atoms with Gasteiger partial charge in [0.25, 0.3) is 0 Å². The van der Waals surface area contributed by atoms with Crippen molar-refractivity contribution in [1.82, 2.24) is 0 Å². The summed E-state index contributed by atoms with van der Waals surface area (Å²) in [4.78, 5) is 72.9. The number of ether oxygens (including phenoxy) is 4. The first-order chi connectivity index (χ1) is 47.3. The lowest BCUT2D eigenvalue weighted by atomic mass is 9.99. The molecule has 17 nitrogen and oxygen atoms in total. The van der Waals surface area contributed by atoms with Crippen molar-refractivity contribution in [2.24, 2.45) is 17.8 Å². The number of unbranched alkanes of at least 4 members (excludes halogenated alkanes) is 44. The van der Waals surface area contributed by atoms with E-state index in [2.05, 4.69) is 48.5 Å². The second-order valence-corrected chi connectivity index (χ2v) is 32.6. The van der Waals surface area contributed by atoms with Crippen LogP contribution in [0.5, 0.6) is 0 Å². The Morgan fingerprint density at radius 1 is 0.296 bits per heavy atom. The molecule has 98 heavy (non-hydrogen) atoms. The largest absolute Gasteiger partial charge is 0.472 e. The Labute approximate surface area is 600 Å². The molecule has 6 atom stereocenters. The van der Waals surface area contributed by atoms with E-state index in [0.717, 1.165) is 108 Å². The molecule has 0 aliphatic rings. The van der Waals surface area contributed by atoms with Gasteiger partial charge in [0.15, 0.2) is 12.2 Å². The van der Waals surface area contributed by atoms with Gasteiger partial charge in [-0.25, -0.2) is 9.13 Å². The van der Waals surface area contributed by atoms with Crippen molar-refractivity contribution >= 4 is 39.5 Å². The predicted molar refractivity (Wildman–Crippen MR) is 400 cm³/mol. The molecule has 0 radical (unpaired) electrons. The van der Waals surface area contributed by atoms with Crippen LogP contribution in [0, 0.1) is 17.8 Å². The summed E-state index contributed by atoms with van der Waals surface area (Å²) < 4.78 is 68.6. The highest BCUT2D eigenvalue weighted by molar-refractivity contribution is 7.47. The summed E-state index contributed by atoms with van der Waals surface area (Å²) in [6, 6.07) is 0. The van der Waals surface area contributed by atoms with Crippen molar-refractivity contribution < 1.29 is 80.2 Å². The number of esters is 4. The van der Waals surface area contributed by atoms with Gasteiger partial charge < -0.3 is 33.8 Å². The Bertz CT molecular complexity index is 1910. The summed E-state index contributed by atoms with van der Waals surface area (Å²) in [5.41, 5.74) is 0. The topological polar surface area (TPSA) is 237 Å². The lowest BCUT2D eigenvalue weighted by Crippen LogP contribution is -2.30. The van der Waals surface area contributed by atoms with Crippen LogP contribution in [0.2, 0.25) is 0 Å². The first-order valence-corrected chi connectivity index (χ1v) is 43.9. The van der Waals surface area contributed by atoms with Crippen LogP contribution in [-0.2, 0) is 65.4 Å². The van der Waals surface area contributed by atoms with Gasteiger partial charge in [-0.2, -0.15) is 0 Å². The minimum Gasteiger partial charge on any atom is -0.462 e. The smallest absolute Gasteiger partial charge is 0.462 e. The molecular weight excluding hydrogens is 1280 g/mol. The molecule has 0 heterocycles. The molecule has 3 N–H and O–H groups in total. The number of hydrogen-bond acceptors (Lipinski definition) is 15. The van der Waals surface area contributed by atoms with Gasteiger partial charge in [0.05, 0.1) is 26.4 Å². The fourth-order valence-corrected chi connectivity index (χ4v) is 13.7. The maximum Gasteiger partial charge on any atom is 0.472 e. The standard InChI is InChI=1S/C79H154O17P2/c1-8-10-11-12-13-14-15-16-21-25-28-31-39-46-53-60-76(81)89-66-74(95-78(83)62-55-48-40-32-29-26-23-20-18-17-19-22-24-27-30-36-43-50-57-70(3)4)68-93-97(85,86)91-64-73(80)65-92-98(87,88)94-69-75(67-90-77(82)61-54-47-42-35-37-44-51-58-71(5)6)96-79(84)63-56-49-41-34-33-38-45-52-59-72(7)9-2/h70-75,80H,8-69H2,1-7H3,(H,85,86)(H,87,88)/t72?,73-,74-,75-/m1/s1. The Hall–Kier alpha value is -1.94. The molecule has 0 aliphatic heterocycles. The van der Waals surface area contributed by atoms with Crippen molar-refractivity contribution in [3.63, 3.8) is 0 Å². The van der Waals surface area contributed by atoms with Gasteiger partial charge in [-0.3, -0.25) is 37.3 Å². The van der Waals surface area contributed by atoms with Crippen LogP contribution in [0.3, 0.4) is 0 Å². The summed E-state index contributed by atoms with van der Waals surface area (Å²) in [5.74, 6) is 0.179. The maximum absolute atomic E-state index is 13.1. The third-order valence-corrected chi connectivity index (χ3v) is 20.6. The summed E-state index contributed by atoms with van der Waals surface area (Å²) in [6.45, 7) is 11.9. The maximum atomic E-state index is 13.1. The SMILES string of the molecule is CCCCCCCCCCCCCCCCCC(=O)OC[C@H](COP(=O)(O)OC[C@@H](O)COP(=O)(O)OC[C@@H](COC(=O)CCCCCCCCCC(C)C)OC(=O)CCCCCCCCCCC(C)CC)OC(=O)CCCCCCCCCCCCCCCCCCCCC(C)C. The van der Waals surface area contributed by atoms with Crippen molar-refractivity contribution in [3.8, 4) is 0 Å². The average Bonchev–Trinajstić information content (AvgIpc) is 1.02. The first-order valence-electron chi connectivity index (χ1n) is 40.9. The van der Waals surface area contributed by atoms with Crippen molar-refractivity contribution in [2.45, 2.75) is 426 Å². The second-order valence-electron chi connectivity index (χ2n) is 29.6. The van der Waals surface area contributed by atoms with Crippen LogP contribution in [-0.4, -0.2) is 96.7 Å². The molecule has 0 saturated carbocycles. The van der Waals surface area contributed by atoms with E-state index < -0.39 is 97.5 Å². The van der Waals surface area contributed by atoms with Gasteiger partial charge in [0.2, 0.25) is 0 Å². The van der Waals surface area contributed by atoms with Crippen molar-refractivity contribution in [1.29, 1.82) is 0 Å². The van der Waals surface area contributed by atoms with Crippen LogP contribution in [0.15, 0.2) is 0 Å². The number of rotatable bonds is 77. The number of aliphatic hydroxyl groups excluding tert-OH is 1. The second kappa shape index (κ2) is 69.4. The van der Waals surface area contributed by atoms with E-state index in [-0.39, 0.29) is 25.7 Å². The lowest BCUT2D eigenvalue weighted by molar-refractivity contribution is -0.161. The Morgan fingerprint density at radius 3 is 0.776 bits per heavy atom. The molecule has 0 aliphatic carbocycles. The third-order valence-electron chi connectivity index (χ3n) is 18.7. The molecule has 0 amide bonds. The van der Waals surface area contributed by atoms with Crippen LogP contribution >= 0.6 is 15.6 Å². The summed E-state index contributed by atoms with van der Waals surface area (Å²) >= 11 is 0. The summed E-state index contributed by atoms with van der Waals surface area (Å²) in [5, 5.41) is 10.6. The molecule has 0 bridgehead atoms. The molecule has 0 fully saturated rings. The Kier molecular flexibility index (Phi) is 68.1. The minimum absolute atomic E-state index is 0.104. The van der Waals surface area contributed by atoms with E-state index in [1.165, 1.54) is 212 Å². The van der Waals surface area contributed by atoms with E-state index >= 15 is 0 Å². The van der Waals surface area contributed by atoms with E-state index in [1.54, 1.807) is 0 Å². The van der Waals surface area contributed by atoms with Gasteiger partial charge >= 0.3 is 39.5 Å². The number of carbonyl (C=O) groups is 4. The molecule has 582 valence electrons. The molecule has 0 aromatic heterocycles. The van der Waals surface area contributed by atoms with Crippen LogP contribution in [0.25, 0.3) is 0 Å². The van der Waals surface area contributed by atoms with E-state index in [1.807, 2.05) is 0 Å². The molecule has 0 saturated heterocycles. The zero-order valence-corrected chi connectivity index (χ0v) is 66.0. The fourth-order valence-electron chi connectivity index (χ4n) is 12.1. The van der Waals surface area contributed by atoms with Gasteiger partial charge in [-0.05, 0) is 43.4 Å². The molecule has 0 aromatic carbocycles. The van der Waals surface area contributed by atoms with E-state index in [9.17, 15) is 43.2 Å². The molecule has 0 rings (SSSR count). The Balaban J connectivity index is 5.22. The summed E-state index contributed by atoms with van der Waals surface area (Å²) in [7, 11) is -9.92. The number of phosphoric ester groups is 2. The number of carbonyl (C=O) groups excluding carboxylic acids is 4. The fraction of sp³-hybridized carbons (Fsp3) is 0.949. The summed E-state index contributed by atoms with van der Waals surface area (Å²) in [6.07, 6.45) is 57.0. The molecule has 0 spiro atoms. The zero-order chi connectivity index (χ0) is 72.3. The Morgan fingerprint density at radius 2 is 0.520 bits per heavy atom. The highest BCUT2D eigenvalue weighted by Crippen LogP contribution is 2.45. The average molecular weight is 1440 g/mol. The van der Waals surface area contributed by atoms with Crippen molar-refractivity contribution in [3.05, 3.63) is 0 Å². The van der Waals surface area contributed by atoms with E-state index in [0.29, 0.717) is 31.6 Å². The highest BCUT2D eigenvalue weighted by atomic mass is 31.2. The minimum atomic E-state index is -4.96. The molecule has 0 aromatic rings. The lowest BCUT2D eigenvalue weighted by Gasteiger charge is -2.21. The number of hydrogen-bond donors (Lipinski definition) is 3. The highest BCUT2D eigenvalue weighted by Gasteiger charge is 2.30. The van der Waals surface area contributed by atoms with Crippen LogP contribution < -0.4 is 0 Å². The first kappa shape index (κ1) is 96.1. The van der Waals surface area contributed by atoms with E-state index in [4.69, 9.17) is 37.0 Å². The van der Waals surface area contributed by atoms with Gasteiger partial charge in [-0.1, -0.05) is 357 Å². The monoisotopic (exact) mass is 1440 g/mol. The van der Waals surface area contributed by atoms with Crippen LogP contribution in [0.1, 0.15) is 408 Å². The van der Waals surface area contributed by atoms with Gasteiger partial charge in [-0.15, -0.1) is 0 Å².